The van der Waals surface area contributed by atoms with Gasteiger partial charge in [-0.2, -0.15) is 18.3 Å². The van der Waals surface area contributed by atoms with E-state index in [1.807, 2.05) is 18.2 Å². The number of carbonyl (C=O) groups excluding carboxylic acids is 1. The third kappa shape index (κ3) is 3.34. The summed E-state index contributed by atoms with van der Waals surface area (Å²) < 4.78 is 39.4. The molecule has 0 spiro atoms. The van der Waals surface area contributed by atoms with Gasteiger partial charge in [0.05, 0.1) is 17.4 Å². The summed E-state index contributed by atoms with van der Waals surface area (Å²) in [5.41, 5.74) is 2.33. The molecule has 0 aliphatic carbocycles. The summed E-state index contributed by atoms with van der Waals surface area (Å²) in [6.07, 6.45) is 1.35. The molecular formula is C19H14F3N5O. The van der Waals surface area contributed by atoms with Gasteiger partial charge in [0, 0.05) is 42.0 Å². The van der Waals surface area contributed by atoms with Crippen LogP contribution >= 0.6 is 0 Å². The zero-order valence-corrected chi connectivity index (χ0v) is 14.6. The Morgan fingerprint density at radius 1 is 1.14 bits per heavy atom. The molecular weight excluding hydrogens is 371 g/mol. The molecule has 0 radical (unpaired) electrons. The Hall–Kier alpha value is -3.62. The Morgan fingerprint density at radius 3 is 2.64 bits per heavy atom. The third-order valence-corrected chi connectivity index (χ3v) is 4.22. The van der Waals surface area contributed by atoms with E-state index in [0.29, 0.717) is 5.69 Å². The number of halogens is 3. The van der Waals surface area contributed by atoms with Crippen LogP contribution in [0.1, 0.15) is 12.5 Å². The first kappa shape index (κ1) is 17.8. The Morgan fingerprint density at radius 2 is 1.96 bits per heavy atom. The van der Waals surface area contributed by atoms with E-state index in [2.05, 4.69) is 20.4 Å². The average Bonchev–Trinajstić information content (AvgIpc) is 3.28. The maximum absolute atomic E-state index is 12.7. The molecule has 0 aliphatic rings. The fourth-order valence-corrected chi connectivity index (χ4v) is 2.88. The number of aromatic nitrogens is 4. The van der Waals surface area contributed by atoms with Crippen LogP contribution in [0.2, 0.25) is 0 Å². The van der Waals surface area contributed by atoms with E-state index >= 15 is 0 Å². The van der Waals surface area contributed by atoms with Crippen molar-refractivity contribution in [3.63, 3.8) is 0 Å². The topological polar surface area (TPSA) is 75.6 Å². The molecule has 0 saturated carbocycles. The van der Waals surface area contributed by atoms with Crippen LogP contribution < -0.4 is 5.32 Å². The first-order chi connectivity index (χ1) is 13.3. The van der Waals surface area contributed by atoms with Crippen LogP contribution in [0, 0.1) is 0 Å². The first-order valence-corrected chi connectivity index (χ1v) is 8.28. The second-order valence-electron chi connectivity index (χ2n) is 6.22. The van der Waals surface area contributed by atoms with Crippen LogP contribution in [0.25, 0.3) is 27.8 Å². The number of nitrogens with zero attached hydrogens (tertiary/aromatic N) is 3. The predicted molar refractivity (Wildman–Crippen MR) is 98.0 cm³/mol. The van der Waals surface area contributed by atoms with Crippen molar-refractivity contribution >= 4 is 22.5 Å². The number of hydrogen-bond acceptors (Lipinski definition) is 3. The number of aromatic amines is 1. The maximum Gasteiger partial charge on any atom is 0.417 e. The number of nitrogens with one attached hydrogen (secondary N) is 2. The third-order valence-electron chi connectivity index (χ3n) is 4.22. The largest absolute Gasteiger partial charge is 0.417 e. The molecule has 2 N–H and O–H groups in total. The van der Waals surface area contributed by atoms with Gasteiger partial charge in [-0.05, 0) is 29.8 Å². The highest BCUT2D eigenvalue weighted by molar-refractivity contribution is 6.02. The summed E-state index contributed by atoms with van der Waals surface area (Å²) >= 11 is 0. The van der Waals surface area contributed by atoms with E-state index in [-0.39, 0.29) is 11.7 Å². The zero-order valence-electron chi connectivity index (χ0n) is 14.6. The van der Waals surface area contributed by atoms with Crippen LogP contribution in [0.15, 0.2) is 55.1 Å². The van der Waals surface area contributed by atoms with Crippen molar-refractivity contribution in [2.24, 2.45) is 0 Å². The molecule has 3 aromatic heterocycles. The molecule has 142 valence electrons. The second-order valence-corrected chi connectivity index (χ2v) is 6.22. The normalized spacial score (nSPS) is 11.7. The minimum atomic E-state index is -4.43. The van der Waals surface area contributed by atoms with Gasteiger partial charge < -0.3 is 10.3 Å². The van der Waals surface area contributed by atoms with Crippen LogP contribution in [0.4, 0.5) is 18.9 Å². The minimum Gasteiger partial charge on any atom is -0.359 e. The first-order valence-electron chi connectivity index (χ1n) is 8.28. The van der Waals surface area contributed by atoms with Crippen molar-refractivity contribution in [1.82, 2.24) is 19.7 Å². The standard InChI is InChI=1S/C19H14F3N5O/c1-11(28)26-17-9-23-16-4-2-12(6-15(16)17)13-7-25-27(10-13)18-5-3-14(8-24-18)19(20,21)22/h2-10,23H,1H3,(H,26,28). The highest BCUT2D eigenvalue weighted by atomic mass is 19.4. The maximum atomic E-state index is 12.7. The van der Waals surface area contributed by atoms with Crippen molar-refractivity contribution in [2.75, 3.05) is 5.32 Å². The second kappa shape index (κ2) is 6.52. The lowest BCUT2D eigenvalue weighted by Crippen LogP contribution is -2.06. The molecule has 0 atom stereocenters. The van der Waals surface area contributed by atoms with Gasteiger partial charge in [-0.25, -0.2) is 9.67 Å². The Balaban J connectivity index is 1.66. The highest BCUT2D eigenvalue weighted by Gasteiger charge is 2.30. The minimum absolute atomic E-state index is 0.174. The van der Waals surface area contributed by atoms with Gasteiger partial charge >= 0.3 is 6.18 Å². The van der Waals surface area contributed by atoms with Crippen molar-refractivity contribution < 1.29 is 18.0 Å². The summed E-state index contributed by atoms with van der Waals surface area (Å²) in [6, 6.07) is 7.90. The van der Waals surface area contributed by atoms with E-state index in [1.165, 1.54) is 17.7 Å². The smallest absolute Gasteiger partial charge is 0.359 e. The number of amides is 1. The lowest BCUT2D eigenvalue weighted by molar-refractivity contribution is -0.137. The van der Waals surface area contributed by atoms with Gasteiger partial charge in [0.15, 0.2) is 5.82 Å². The number of fused-ring (bicyclic) bond motifs is 1. The van der Waals surface area contributed by atoms with Crippen LogP contribution in [0.5, 0.6) is 0 Å². The number of benzene rings is 1. The molecule has 4 aromatic rings. The van der Waals surface area contributed by atoms with Crippen LogP contribution in [-0.2, 0) is 11.0 Å². The molecule has 1 aromatic carbocycles. The number of anilines is 1. The summed E-state index contributed by atoms with van der Waals surface area (Å²) in [5.74, 6) is 0.105. The Bertz CT molecular complexity index is 1160. The van der Waals surface area contributed by atoms with Crippen molar-refractivity contribution in [3.05, 3.63) is 60.7 Å². The molecule has 0 aliphatic heterocycles. The van der Waals surface area contributed by atoms with Crippen molar-refractivity contribution in [2.45, 2.75) is 13.1 Å². The quantitative estimate of drug-likeness (QED) is 0.549. The van der Waals surface area contributed by atoms with Crippen LogP contribution in [-0.4, -0.2) is 25.7 Å². The number of hydrogen-bond donors (Lipinski definition) is 2. The number of pyridine rings is 1. The molecule has 6 nitrogen and oxygen atoms in total. The summed E-state index contributed by atoms with van der Waals surface area (Å²) in [5, 5.41) is 7.79. The highest BCUT2D eigenvalue weighted by Crippen LogP contribution is 2.30. The summed E-state index contributed by atoms with van der Waals surface area (Å²) in [7, 11) is 0. The van der Waals surface area contributed by atoms with Gasteiger partial charge in [-0.15, -0.1) is 0 Å². The fourth-order valence-electron chi connectivity index (χ4n) is 2.88. The summed E-state index contributed by atoms with van der Waals surface area (Å²) in [4.78, 5) is 18.3. The molecule has 0 fully saturated rings. The Labute approximate surface area is 157 Å². The fraction of sp³-hybridized carbons (Fsp3) is 0.105. The van der Waals surface area contributed by atoms with E-state index < -0.39 is 11.7 Å². The number of rotatable bonds is 3. The number of H-pyrrole nitrogens is 1. The zero-order chi connectivity index (χ0) is 19.9. The van der Waals surface area contributed by atoms with Crippen molar-refractivity contribution in [1.29, 1.82) is 0 Å². The van der Waals surface area contributed by atoms with Gasteiger partial charge in [-0.1, -0.05) is 6.07 Å². The number of alkyl halides is 3. The Kier molecular flexibility index (Phi) is 4.14. The van der Waals surface area contributed by atoms with Gasteiger partial charge in [-0.3, -0.25) is 4.79 Å². The summed E-state index contributed by atoms with van der Waals surface area (Å²) in [6.45, 7) is 1.43. The monoisotopic (exact) mass is 385 g/mol. The SMILES string of the molecule is CC(=O)Nc1c[nH]c2ccc(-c3cnn(-c4ccc(C(F)(F)F)cn4)c3)cc12. The van der Waals surface area contributed by atoms with E-state index in [1.54, 1.807) is 18.6 Å². The average molecular weight is 385 g/mol. The molecule has 3 heterocycles. The van der Waals surface area contributed by atoms with Crippen molar-refractivity contribution in [3.8, 4) is 16.9 Å². The van der Waals surface area contributed by atoms with E-state index in [0.717, 1.165) is 34.3 Å². The lowest BCUT2D eigenvalue weighted by Gasteiger charge is -2.06. The predicted octanol–water partition coefficient (Wildman–Crippen LogP) is 4.39. The molecule has 0 unspecified atom stereocenters. The molecule has 28 heavy (non-hydrogen) atoms. The molecule has 0 saturated heterocycles. The van der Waals surface area contributed by atoms with Gasteiger partial charge in [0.2, 0.25) is 5.91 Å². The van der Waals surface area contributed by atoms with Crippen LogP contribution in [0.3, 0.4) is 0 Å². The molecule has 4 rings (SSSR count). The van der Waals surface area contributed by atoms with Gasteiger partial charge in [0.25, 0.3) is 0 Å². The number of carbonyl (C=O) groups is 1. The van der Waals surface area contributed by atoms with Gasteiger partial charge in [0.1, 0.15) is 0 Å². The van der Waals surface area contributed by atoms with E-state index in [4.69, 9.17) is 0 Å². The molecule has 1 amide bonds. The molecule has 0 bridgehead atoms. The lowest BCUT2D eigenvalue weighted by atomic mass is 10.1. The van der Waals surface area contributed by atoms with E-state index in [9.17, 15) is 18.0 Å². The molecule has 9 heteroatoms.